The summed E-state index contributed by atoms with van der Waals surface area (Å²) in [7, 11) is -3.74. The van der Waals surface area contributed by atoms with Crippen LogP contribution in [0.25, 0.3) is 11.1 Å². The smallest absolute Gasteiger partial charge is 0.238 e. The second-order valence-corrected chi connectivity index (χ2v) is 9.32. The quantitative estimate of drug-likeness (QED) is 0.632. The minimum absolute atomic E-state index is 0. The number of hydrogen-bond donors (Lipinski definition) is 2. The van der Waals surface area contributed by atoms with E-state index in [1.165, 1.54) is 12.1 Å². The van der Waals surface area contributed by atoms with Crippen LogP contribution in [0.1, 0.15) is 19.8 Å². The molecule has 1 aliphatic carbocycles. The van der Waals surface area contributed by atoms with Gasteiger partial charge in [-0.25, -0.2) is 13.6 Å². The fourth-order valence-electron chi connectivity index (χ4n) is 3.83. The lowest BCUT2D eigenvalue weighted by Crippen LogP contribution is -2.27. The molecular formula is C23H22N2O5S. The van der Waals surface area contributed by atoms with E-state index in [-0.39, 0.29) is 19.0 Å². The fraction of sp³-hybridized carbons (Fsp3) is 0.174. The maximum Gasteiger partial charge on any atom is 0.238 e. The van der Waals surface area contributed by atoms with E-state index in [1.54, 1.807) is 12.1 Å². The molecule has 3 aromatic rings. The summed E-state index contributed by atoms with van der Waals surface area (Å²) in [6.45, 7) is 0.197. The Morgan fingerprint density at radius 3 is 2.39 bits per heavy atom. The molecule has 1 saturated carbocycles. The number of ether oxygens (including phenoxy) is 2. The Kier molecular flexibility index (Phi) is 4.49. The predicted octanol–water partition coefficient (Wildman–Crippen LogP) is 3.65. The zero-order valence-corrected chi connectivity index (χ0v) is 17.3. The molecule has 7 nitrogen and oxygen atoms in total. The number of hydrogen-bond acceptors (Lipinski definition) is 5. The fourth-order valence-corrected chi connectivity index (χ4v) is 4.35. The summed E-state index contributed by atoms with van der Waals surface area (Å²) in [5.41, 5.74) is 2.70. The van der Waals surface area contributed by atoms with E-state index in [0.717, 1.165) is 29.5 Å². The maximum absolute atomic E-state index is 13.1. The zero-order valence-electron chi connectivity index (χ0n) is 16.5. The first-order valence-electron chi connectivity index (χ1n) is 9.80. The van der Waals surface area contributed by atoms with Crippen molar-refractivity contribution in [1.82, 2.24) is 0 Å². The van der Waals surface area contributed by atoms with E-state index in [9.17, 15) is 13.2 Å². The number of benzene rings is 3. The molecule has 1 aliphatic heterocycles. The van der Waals surface area contributed by atoms with Gasteiger partial charge in [0.15, 0.2) is 11.5 Å². The summed E-state index contributed by atoms with van der Waals surface area (Å²) in [5, 5.41) is 8.19. The van der Waals surface area contributed by atoms with Gasteiger partial charge in [-0.15, -0.1) is 0 Å². The van der Waals surface area contributed by atoms with Crippen LogP contribution in [0, 0.1) is 0 Å². The highest BCUT2D eigenvalue weighted by molar-refractivity contribution is 7.89. The molecule has 1 amide bonds. The number of rotatable bonds is 5. The van der Waals surface area contributed by atoms with Crippen molar-refractivity contribution < 1.29 is 24.1 Å². The van der Waals surface area contributed by atoms with E-state index >= 15 is 0 Å². The van der Waals surface area contributed by atoms with Gasteiger partial charge in [0.05, 0.1) is 10.3 Å². The standard InChI is InChI=1S/C23H20N2O5S.H2/c24-31(27,28)19-7-4-15(5-8-19)16-2-1-3-18(12-16)25-22(26)23(10-11-23)17-6-9-20-21(13-17)30-14-29-20;/h1-9,12-13H,10-11,14H2,(H,25,26)(H2,24,27,28);1H. The number of nitrogens with two attached hydrogens (primary N) is 1. The molecule has 160 valence electrons. The Balaban J connectivity index is 0.00000245. The molecule has 1 heterocycles. The van der Waals surface area contributed by atoms with Gasteiger partial charge in [0.1, 0.15) is 0 Å². The molecule has 8 heteroatoms. The Hall–Kier alpha value is -3.36. The number of carbonyl (C=O) groups excluding carboxylic acids is 1. The van der Waals surface area contributed by atoms with Crippen LogP contribution in [-0.4, -0.2) is 21.1 Å². The topological polar surface area (TPSA) is 108 Å². The van der Waals surface area contributed by atoms with Crippen molar-refractivity contribution >= 4 is 21.6 Å². The molecule has 0 aromatic heterocycles. The lowest BCUT2D eigenvalue weighted by molar-refractivity contribution is -0.118. The van der Waals surface area contributed by atoms with Crippen molar-refractivity contribution in [2.75, 3.05) is 12.1 Å². The monoisotopic (exact) mass is 438 g/mol. The van der Waals surface area contributed by atoms with Crippen molar-refractivity contribution in [3.05, 3.63) is 72.3 Å². The molecule has 1 fully saturated rings. The lowest BCUT2D eigenvalue weighted by Gasteiger charge is -2.17. The van der Waals surface area contributed by atoms with E-state index in [0.29, 0.717) is 17.2 Å². The molecule has 2 aliphatic rings. The van der Waals surface area contributed by atoms with Gasteiger partial charge in [-0.2, -0.15) is 0 Å². The van der Waals surface area contributed by atoms with Crippen LogP contribution in [0.2, 0.25) is 0 Å². The average molecular weight is 439 g/mol. The lowest BCUT2D eigenvalue weighted by atomic mass is 9.94. The number of nitrogens with one attached hydrogen (secondary N) is 1. The highest BCUT2D eigenvalue weighted by Crippen LogP contribution is 2.51. The third-order valence-electron chi connectivity index (χ3n) is 5.75. The Morgan fingerprint density at radius 1 is 0.935 bits per heavy atom. The molecular weight excluding hydrogens is 416 g/mol. The summed E-state index contributed by atoms with van der Waals surface area (Å²) >= 11 is 0. The SMILES string of the molecule is NS(=O)(=O)c1ccc(-c2cccc(NC(=O)C3(c4ccc5c(c4)OCO5)CC3)c2)cc1.[HH]. The van der Waals surface area contributed by atoms with E-state index < -0.39 is 15.4 Å². The van der Waals surface area contributed by atoms with Gasteiger partial charge in [0.25, 0.3) is 0 Å². The highest BCUT2D eigenvalue weighted by Gasteiger charge is 2.51. The zero-order chi connectivity index (χ0) is 21.6. The minimum atomic E-state index is -3.74. The number of anilines is 1. The molecule has 3 N–H and O–H groups in total. The van der Waals surface area contributed by atoms with Gasteiger partial charge >= 0.3 is 0 Å². The van der Waals surface area contributed by atoms with E-state index in [4.69, 9.17) is 14.6 Å². The minimum Gasteiger partial charge on any atom is -0.454 e. The van der Waals surface area contributed by atoms with E-state index in [1.807, 2.05) is 42.5 Å². The second kappa shape index (κ2) is 7.11. The highest BCUT2D eigenvalue weighted by atomic mass is 32.2. The van der Waals surface area contributed by atoms with Crippen molar-refractivity contribution in [2.24, 2.45) is 5.14 Å². The van der Waals surface area contributed by atoms with Crippen LogP contribution < -0.4 is 19.9 Å². The van der Waals surface area contributed by atoms with Crippen molar-refractivity contribution in [2.45, 2.75) is 23.2 Å². The maximum atomic E-state index is 13.1. The van der Waals surface area contributed by atoms with Crippen LogP contribution in [0.4, 0.5) is 5.69 Å². The van der Waals surface area contributed by atoms with Crippen molar-refractivity contribution in [3.63, 3.8) is 0 Å². The summed E-state index contributed by atoms with van der Waals surface area (Å²) in [5.74, 6) is 1.30. The summed E-state index contributed by atoms with van der Waals surface area (Å²) in [6, 6.07) is 19.4. The van der Waals surface area contributed by atoms with Gasteiger partial charge < -0.3 is 14.8 Å². The molecule has 0 radical (unpaired) electrons. The van der Waals surface area contributed by atoms with Gasteiger partial charge in [-0.3, -0.25) is 4.79 Å². The summed E-state index contributed by atoms with van der Waals surface area (Å²) in [6.07, 6.45) is 1.54. The van der Waals surface area contributed by atoms with Crippen LogP contribution >= 0.6 is 0 Å². The van der Waals surface area contributed by atoms with Gasteiger partial charge in [-0.1, -0.05) is 30.3 Å². The van der Waals surface area contributed by atoms with Crippen molar-refractivity contribution in [1.29, 1.82) is 0 Å². The van der Waals surface area contributed by atoms with Crippen LogP contribution in [0.5, 0.6) is 11.5 Å². The number of fused-ring (bicyclic) bond motifs is 1. The number of amides is 1. The first-order valence-corrected chi connectivity index (χ1v) is 11.3. The largest absolute Gasteiger partial charge is 0.454 e. The molecule has 0 atom stereocenters. The molecule has 3 aromatic carbocycles. The predicted molar refractivity (Wildman–Crippen MR) is 117 cm³/mol. The molecule has 5 rings (SSSR count). The molecule has 0 bridgehead atoms. The number of primary sulfonamides is 1. The average Bonchev–Trinajstić information content (AvgIpc) is 3.44. The molecule has 0 unspecified atom stereocenters. The number of carbonyl (C=O) groups is 1. The first kappa shape index (κ1) is 19.6. The van der Waals surface area contributed by atoms with Gasteiger partial charge in [0, 0.05) is 7.11 Å². The van der Waals surface area contributed by atoms with E-state index in [2.05, 4.69) is 5.32 Å². The molecule has 0 spiro atoms. The third-order valence-corrected chi connectivity index (χ3v) is 6.68. The van der Waals surface area contributed by atoms with Crippen LogP contribution in [0.3, 0.4) is 0 Å². The number of sulfonamides is 1. The normalized spacial score (nSPS) is 16.0. The third kappa shape index (κ3) is 3.64. The van der Waals surface area contributed by atoms with Gasteiger partial charge in [0.2, 0.25) is 22.7 Å². The van der Waals surface area contributed by atoms with Crippen molar-refractivity contribution in [3.8, 4) is 22.6 Å². The first-order chi connectivity index (χ1) is 14.8. The summed E-state index contributed by atoms with van der Waals surface area (Å²) in [4.78, 5) is 13.2. The molecule has 31 heavy (non-hydrogen) atoms. The summed E-state index contributed by atoms with van der Waals surface area (Å²) < 4.78 is 33.7. The Morgan fingerprint density at radius 2 is 1.68 bits per heavy atom. The Bertz CT molecular complexity index is 1290. The van der Waals surface area contributed by atoms with Gasteiger partial charge in [-0.05, 0) is 65.9 Å². The molecule has 0 saturated heterocycles. The Labute approximate surface area is 181 Å². The van der Waals surface area contributed by atoms with Crippen LogP contribution in [0.15, 0.2) is 71.6 Å². The second-order valence-electron chi connectivity index (χ2n) is 7.75. The van der Waals surface area contributed by atoms with Crippen LogP contribution in [-0.2, 0) is 20.2 Å².